The Labute approximate surface area is 115 Å². The monoisotopic (exact) mass is 275 g/mol. The summed E-state index contributed by atoms with van der Waals surface area (Å²) in [4.78, 5) is 23.4. The molecule has 0 unspecified atom stereocenters. The number of nitrogens with zero attached hydrogens (tertiary/aromatic N) is 3. The number of aromatic nitrogens is 3. The molecular formula is C12H13N5OS. The van der Waals surface area contributed by atoms with Crippen LogP contribution in [0.4, 0.5) is 5.95 Å². The van der Waals surface area contributed by atoms with Crippen LogP contribution in [-0.4, -0.2) is 26.6 Å². The van der Waals surface area contributed by atoms with Crippen LogP contribution in [0.15, 0.2) is 43.0 Å². The first kappa shape index (κ1) is 13.3. The van der Waals surface area contributed by atoms with Crippen molar-refractivity contribution < 1.29 is 4.79 Å². The molecule has 98 valence electrons. The maximum atomic E-state index is 11.5. The lowest BCUT2D eigenvalue weighted by Gasteiger charge is -2.06. The Morgan fingerprint density at radius 1 is 1.21 bits per heavy atom. The average Bonchev–Trinajstić information content (AvgIpc) is 2.47. The lowest BCUT2D eigenvalue weighted by atomic mass is 10.3. The molecule has 6 nitrogen and oxygen atoms in total. The zero-order valence-corrected chi connectivity index (χ0v) is 10.9. The third-order valence-electron chi connectivity index (χ3n) is 2.10. The lowest BCUT2D eigenvalue weighted by molar-refractivity contribution is -0.118. The molecule has 0 spiro atoms. The van der Waals surface area contributed by atoms with Gasteiger partial charge in [-0.05, 0) is 17.7 Å². The number of hydrogen-bond donors (Lipinski definition) is 2. The summed E-state index contributed by atoms with van der Waals surface area (Å²) in [5.74, 6) is 1.35. The van der Waals surface area contributed by atoms with Crippen LogP contribution in [0.2, 0.25) is 0 Å². The van der Waals surface area contributed by atoms with Crippen molar-refractivity contribution in [3.63, 3.8) is 0 Å². The summed E-state index contributed by atoms with van der Waals surface area (Å²) in [5.41, 5.74) is 6.28. The van der Waals surface area contributed by atoms with Gasteiger partial charge in [-0.3, -0.25) is 20.6 Å². The second-order valence-corrected chi connectivity index (χ2v) is 4.59. The number of carbonyl (C=O) groups is 1. The van der Waals surface area contributed by atoms with Crippen molar-refractivity contribution in [2.75, 3.05) is 11.2 Å². The van der Waals surface area contributed by atoms with E-state index in [9.17, 15) is 4.79 Å². The molecule has 0 bridgehead atoms. The van der Waals surface area contributed by atoms with Gasteiger partial charge in [0.05, 0.1) is 5.75 Å². The summed E-state index contributed by atoms with van der Waals surface area (Å²) in [6.45, 7) is 0. The number of hydrazine groups is 1. The van der Waals surface area contributed by atoms with E-state index in [1.165, 1.54) is 11.8 Å². The highest BCUT2D eigenvalue weighted by Crippen LogP contribution is 2.09. The molecule has 0 aliphatic rings. The molecule has 0 saturated carbocycles. The van der Waals surface area contributed by atoms with E-state index in [1.54, 1.807) is 30.9 Å². The number of pyridine rings is 1. The van der Waals surface area contributed by atoms with E-state index in [2.05, 4.69) is 25.8 Å². The molecule has 2 heterocycles. The highest BCUT2D eigenvalue weighted by molar-refractivity contribution is 7.99. The zero-order chi connectivity index (χ0) is 13.3. The molecule has 2 aromatic rings. The van der Waals surface area contributed by atoms with Crippen molar-refractivity contribution >= 4 is 23.6 Å². The van der Waals surface area contributed by atoms with Crippen LogP contribution in [0.5, 0.6) is 0 Å². The van der Waals surface area contributed by atoms with Crippen molar-refractivity contribution in [2.24, 2.45) is 0 Å². The van der Waals surface area contributed by atoms with Crippen LogP contribution in [-0.2, 0) is 10.5 Å². The maximum Gasteiger partial charge on any atom is 0.248 e. The van der Waals surface area contributed by atoms with Crippen LogP contribution in [0.1, 0.15) is 5.56 Å². The molecule has 0 aromatic carbocycles. The van der Waals surface area contributed by atoms with Gasteiger partial charge in [-0.1, -0.05) is 6.07 Å². The van der Waals surface area contributed by atoms with E-state index in [0.29, 0.717) is 11.7 Å². The van der Waals surface area contributed by atoms with Crippen molar-refractivity contribution in [1.82, 2.24) is 20.4 Å². The Bertz CT molecular complexity index is 508. The van der Waals surface area contributed by atoms with Gasteiger partial charge in [-0.15, -0.1) is 11.8 Å². The van der Waals surface area contributed by atoms with Crippen molar-refractivity contribution in [2.45, 2.75) is 5.75 Å². The van der Waals surface area contributed by atoms with Crippen molar-refractivity contribution in [3.8, 4) is 0 Å². The molecule has 0 aliphatic carbocycles. The Hall–Kier alpha value is -2.15. The molecule has 1 amide bonds. The highest BCUT2D eigenvalue weighted by atomic mass is 32.2. The highest BCUT2D eigenvalue weighted by Gasteiger charge is 2.02. The number of rotatable bonds is 6. The number of anilines is 1. The quantitative estimate of drug-likeness (QED) is 0.772. The Kier molecular flexibility index (Phi) is 5.12. The van der Waals surface area contributed by atoms with Gasteiger partial charge in [0.15, 0.2) is 0 Å². The fourth-order valence-electron chi connectivity index (χ4n) is 1.27. The molecule has 0 saturated heterocycles. The average molecular weight is 275 g/mol. The predicted octanol–water partition coefficient (Wildman–Crippen LogP) is 1.25. The van der Waals surface area contributed by atoms with Gasteiger partial charge in [0.25, 0.3) is 0 Å². The topological polar surface area (TPSA) is 79.8 Å². The third-order valence-corrected chi connectivity index (χ3v) is 3.11. The fourth-order valence-corrected chi connectivity index (χ4v) is 2.04. The van der Waals surface area contributed by atoms with Gasteiger partial charge < -0.3 is 0 Å². The standard InChI is InChI=1S/C12H13N5OS/c18-11(16-17-12-14-5-2-6-15-12)9-19-8-10-3-1-4-13-7-10/h1-7H,8-9H2,(H,16,18)(H,14,15,17). The number of carbonyl (C=O) groups excluding carboxylic acids is 1. The van der Waals surface area contributed by atoms with Crippen LogP contribution in [0, 0.1) is 0 Å². The summed E-state index contributed by atoms with van der Waals surface area (Å²) in [5, 5.41) is 0. The predicted molar refractivity (Wildman–Crippen MR) is 74.2 cm³/mol. The first-order chi connectivity index (χ1) is 9.34. The van der Waals surface area contributed by atoms with E-state index in [1.807, 2.05) is 12.1 Å². The van der Waals surface area contributed by atoms with E-state index >= 15 is 0 Å². The Morgan fingerprint density at radius 3 is 2.79 bits per heavy atom. The summed E-state index contributed by atoms with van der Waals surface area (Å²) >= 11 is 1.52. The van der Waals surface area contributed by atoms with Crippen LogP contribution >= 0.6 is 11.8 Å². The molecule has 0 aliphatic heterocycles. The largest absolute Gasteiger partial charge is 0.272 e. The molecule has 2 aromatic heterocycles. The molecule has 7 heteroatoms. The molecule has 0 radical (unpaired) electrons. The number of thioether (sulfide) groups is 1. The SMILES string of the molecule is O=C(CSCc1cccnc1)NNc1ncccn1. The number of amides is 1. The van der Waals surface area contributed by atoms with Gasteiger partial charge in [-0.2, -0.15) is 0 Å². The molecule has 2 N–H and O–H groups in total. The molecule has 19 heavy (non-hydrogen) atoms. The van der Waals surface area contributed by atoms with Gasteiger partial charge in [-0.25, -0.2) is 9.97 Å². The van der Waals surface area contributed by atoms with Gasteiger partial charge in [0.2, 0.25) is 11.9 Å². The van der Waals surface area contributed by atoms with Crippen LogP contribution in [0.25, 0.3) is 0 Å². The fraction of sp³-hybridized carbons (Fsp3) is 0.167. The van der Waals surface area contributed by atoms with Crippen molar-refractivity contribution in [3.05, 3.63) is 48.5 Å². The number of hydrogen-bond acceptors (Lipinski definition) is 6. The summed E-state index contributed by atoms with van der Waals surface area (Å²) < 4.78 is 0. The van der Waals surface area contributed by atoms with E-state index in [-0.39, 0.29) is 5.91 Å². The molecule has 0 atom stereocenters. The zero-order valence-electron chi connectivity index (χ0n) is 10.1. The smallest absolute Gasteiger partial charge is 0.248 e. The van der Waals surface area contributed by atoms with E-state index in [0.717, 1.165) is 11.3 Å². The van der Waals surface area contributed by atoms with Gasteiger partial charge in [0, 0.05) is 30.5 Å². The second kappa shape index (κ2) is 7.32. The first-order valence-electron chi connectivity index (χ1n) is 5.63. The van der Waals surface area contributed by atoms with Crippen LogP contribution < -0.4 is 10.9 Å². The lowest BCUT2D eigenvalue weighted by Crippen LogP contribution is -2.31. The van der Waals surface area contributed by atoms with Gasteiger partial charge >= 0.3 is 0 Å². The minimum absolute atomic E-state index is 0.124. The third kappa shape index (κ3) is 4.92. The van der Waals surface area contributed by atoms with E-state index < -0.39 is 0 Å². The normalized spacial score (nSPS) is 9.89. The van der Waals surface area contributed by atoms with Crippen LogP contribution in [0.3, 0.4) is 0 Å². The Morgan fingerprint density at radius 2 is 2.05 bits per heavy atom. The van der Waals surface area contributed by atoms with Gasteiger partial charge in [0.1, 0.15) is 0 Å². The summed E-state index contributed by atoms with van der Waals surface area (Å²) in [6, 6.07) is 5.56. The summed E-state index contributed by atoms with van der Waals surface area (Å²) in [7, 11) is 0. The summed E-state index contributed by atoms with van der Waals surface area (Å²) in [6.07, 6.45) is 6.71. The first-order valence-corrected chi connectivity index (χ1v) is 6.78. The minimum atomic E-state index is -0.124. The Balaban J connectivity index is 1.65. The molecular weight excluding hydrogens is 262 g/mol. The number of nitrogens with one attached hydrogen (secondary N) is 2. The maximum absolute atomic E-state index is 11.5. The minimum Gasteiger partial charge on any atom is -0.272 e. The van der Waals surface area contributed by atoms with E-state index in [4.69, 9.17) is 0 Å². The second-order valence-electron chi connectivity index (χ2n) is 3.60. The van der Waals surface area contributed by atoms with Crippen molar-refractivity contribution in [1.29, 1.82) is 0 Å². The molecule has 0 fully saturated rings. The molecule has 2 rings (SSSR count).